The van der Waals surface area contributed by atoms with Crippen molar-refractivity contribution in [1.82, 2.24) is 14.2 Å². The van der Waals surface area contributed by atoms with Gasteiger partial charge in [0.2, 0.25) is 10.0 Å². The second-order valence-corrected chi connectivity index (χ2v) is 10.7. The van der Waals surface area contributed by atoms with Gasteiger partial charge in [-0.2, -0.15) is 4.31 Å². The Morgan fingerprint density at radius 1 is 1.15 bits per heavy atom. The van der Waals surface area contributed by atoms with Crippen LogP contribution in [0.15, 0.2) is 47.4 Å². The number of aromatic nitrogens is 1. The predicted molar refractivity (Wildman–Crippen MR) is 129 cm³/mol. The van der Waals surface area contributed by atoms with Crippen molar-refractivity contribution in [3.05, 3.63) is 64.3 Å². The normalized spacial score (nSPS) is 19.2. The Hall–Kier alpha value is -2.59. The van der Waals surface area contributed by atoms with Crippen LogP contribution in [0.3, 0.4) is 0 Å². The summed E-state index contributed by atoms with van der Waals surface area (Å²) in [5.41, 5.74) is 3.73. The molecule has 1 fully saturated rings. The maximum absolute atomic E-state index is 13.0. The summed E-state index contributed by atoms with van der Waals surface area (Å²) in [4.78, 5) is 18.2. The Bertz CT molecular complexity index is 1320. The summed E-state index contributed by atoms with van der Waals surface area (Å²) in [5, 5.41) is 1.68. The largest absolute Gasteiger partial charge is 0.450 e. The number of carbonyl (C=O) groups is 1. The molecule has 1 unspecified atom stereocenters. The third-order valence-corrected chi connectivity index (χ3v) is 8.54. The van der Waals surface area contributed by atoms with Crippen LogP contribution in [0, 0.1) is 0 Å². The van der Waals surface area contributed by atoms with Crippen LogP contribution >= 0.6 is 11.6 Å². The Kier molecular flexibility index (Phi) is 6.28. The highest BCUT2D eigenvalue weighted by Gasteiger charge is 2.36. The van der Waals surface area contributed by atoms with Crippen LogP contribution in [-0.2, 0) is 25.9 Å². The number of fused-ring (bicyclic) bond motifs is 3. The molecule has 34 heavy (non-hydrogen) atoms. The van der Waals surface area contributed by atoms with Crippen LogP contribution in [0.25, 0.3) is 10.9 Å². The third kappa shape index (κ3) is 4.07. The van der Waals surface area contributed by atoms with Crippen molar-refractivity contribution in [2.24, 2.45) is 0 Å². The minimum Gasteiger partial charge on any atom is -0.450 e. The zero-order valence-corrected chi connectivity index (χ0v) is 20.4. The lowest BCUT2D eigenvalue weighted by atomic mass is 9.93. The van der Waals surface area contributed by atoms with Gasteiger partial charge in [0.1, 0.15) is 6.04 Å². The van der Waals surface area contributed by atoms with E-state index >= 15 is 0 Å². The van der Waals surface area contributed by atoms with Crippen LogP contribution in [-0.4, -0.2) is 68.2 Å². The Balaban J connectivity index is 1.55. The number of amides is 1. The smallest absolute Gasteiger partial charge is 0.410 e. The summed E-state index contributed by atoms with van der Waals surface area (Å²) in [6, 6.07) is 12.0. The van der Waals surface area contributed by atoms with E-state index in [4.69, 9.17) is 21.1 Å². The molecular weight excluding hydrogens is 478 g/mol. The summed E-state index contributed by atoms with van der Waals surface area (Å²) in [6.07, 6.45) is 0.258. The number of nitrogens with zero attached hydrogens (tertiary/aromatic N) is 2. The predicted octanol–water partition coefficient (Wildman–Crippen LogP) is 3.95. The maximum Gasteiger partial charge on any atom is 0.410 e. The fourth-order valence-electron chi connectivity index (χ4n) is 4.77. The van der Waals surface area contributed by atoms with Crippen molar-refractivity contribution in [1.29, 1.82) is 0 Å². The van der Waals surface area contributed by atoms with E-state index in [0.29, 0.717) is 44.3 Å². The SMILES string of the molecule is CCOC(=O)N1CCc2c([nH]c3ccc(Cl)cc23)C1c1ccc(S(=O)(=O)N2CCOCC2)cc1. The average molecular weight is 504 g/mol. The quantitative estimate of drug-likeness (QED) is 0.582. The minimum atomic E-state index is -3.61. The van der Waals surface area contributed by atoms with Gasteiger partial charge in [-0.1, -0.05) is 23.7 Å². The number of hydrogen-bond donors (Lipinski definition) is 1. The lowest BCUT2D eigenvalue weighted by molar-refractivity contribution is 0.0730. The van der Waals surface area contributed by atoms with Gasteiger partial charge in [0.05, 0.1) is 24.7 Å². The van der Waals surface area contributed by atoms with E-state index in [1.54, 1.807) is 36.1 Å². The highest BCUT2D eigenvalue weighted by molar-refractivity contribution is 7.89. The number of benzene rings is 2. The molecule has 0 bridgehead atoms. The summed E-state index contributed by atoms with van der Waals surface area (Å²) in [6.45, 7) is 3.98. The van der Waals surface area contributed by atoms with E-state index < -0.39 is 22.2 Å². The molecule has 1 aromatic heterocycles. The average Bonchev–Trinajstić information content (AvgIpc) is 3.22. The van der Waals surface area contributed by atoms with Crippen LogP contribution in [0.1, 0.15) is 29.8 Å². The molecule has 0 radical (unpaired) electrons. The number of aromatic amines is 1. The number of halogens is 1. The lowest BCUT2D eigenvalue weighted by Crippen LogP contribution is -2.41. The second kappa shape index (κ2) is 9.22. The van der Waals surface area contributed by atoms with Crippen LogP contribution < -0.4 is 0 Å². The highest BCUT2D eigenvalue weighted by Crippen LogP contribution is 2.39. The standard InChI is InChI=1S/C24H26ClN3O5S/c1-2-33-24(29)28-10-9-19-20-15-17(25)5-8-21(20)26-22(19)23(28)16-3-6-18(7-4-16)34(30,31)27-11-13-32-14-12-27/h3-8,15,23,26H,2,9-14H2,1H3. The van der Waals surface area contributed by atoms with Crippen molar-refractivity contribution in [2.75, 3.05) is 39.5 Å². The van der Waals surface area contributed by atoms with E-state index in [-0.39, 0.29) is 11.5 Å². The number of ether oxygens (including phenoxy) is 2. The molecule has 8 nitrogen and oxygen atoms in total. The van der Waals surface area contributed by atoms with E-state index in [1.807, 2.05) is 18.2 Å². The molecule has 3 heterocycles. The second-order valence-electron chi connectivity index (χ2n) is 8.34. The Morgan fingerprint density at radius 2 is 1.88 bits per heavy atom. The topological polar surface area (TPSA) is 91.9 Å². The molecule has 1 N–H and O–H groups in total. The first-order valence-corrected chi connectivity index (χ1v) is 13.1. The van der Waals surface area contributed by atoms with Gasteiger partial charge in [0, 0.05) is 41.3 Å². The van der Waals surface area contributed by atoms with E-state index in [1.165, 1.54) is 4.31 Å². The molecular formula is C24H26ClN3O5S. The Labute approximate surface area is 203 Å². The molecule has 5 rings (SSSR count). The van der Waals surface area contributed by atoms with Crippen molar-refractivity contribution < 1.29 is 22.7 Å². The molecule has 1 atom stereocenters. The molecule has 0 aliphatic carbocycles. The van der Waals surface area contributed by atoms with Gasteiger partial charge in [0.15, 0.2) is 0 Å². The van der Waals surface area contributed by atoms with Crippen molar-refractivity contribution in [3.8, 4) is 0 Å². The monoisotopic (exact) mass is 503 g/mol. The number of rotatable bonds is 4. The summed E-state index contributed by atoms with van der Waals surface area (Å²) in [5.74, 6) is 0. The number of hydrogen-bond acceptors (Lipinski definition) is 5. The van der Waals surface area contributed by atoms with Crippen LogP contribution in [0.5, 0.6) is 0 Å². The fourth-order valence-corrected chi connectivity index (χ4v) is 6.35. The van der Waals surface area contributed by atoms with Crippen LogP contribution in [0.4, 0.5) is 4.79 Å². The van der Waals surface area contributed by atoms with Crippen molar-refractivity contribution >= 4 is 38.6 Å². The van der Waals surface area contributed by atoms with E-state index in [0.717, 1.165) is 27.7 Å². The zero-order valence-electron chi connectivity index (χ0n) is 18.8. The first-order chi connectivity index (χ1) is 16.4. The number of carbonyl (C=O) groups excluding carboxylic acids is 1. The molecule has 10 heteroatoms. The molecule has 2 aliphatic heterocycles. The van der Waals surface area contributed by atoms with Gasteiger partial charge in [-0.3, -0.25) is 4.90 Å². The van der Waals surface area contributed by atoms with E-state index in [2.05, 4.69) is 4.98 Å². The van der Waals surface area contributed by atoms with Gasteiger partial charge >= 0.3 is 6.09 Å². The van der Waals surface area contributed by atoms with E-state index in [9.17, 15) is 13.2 Å². The zero-order chi connectivity index (χ0) is 23.9. The number of nitrogens with one attached hydrogen (secondary N) is 1. The first kappa shape index (κ1) is 23.2. The molecule has 2 aliphatic rings. The van der Waals surface area contributed by atoms with Crippen molar-refractivity contribution in [3.63, 3.8) is 0 Å². The summed E-state index contributed by atoms with van der Waals surface area (Å²) in [7, 11) is -3.61. The fraction of sp³-hybridized carbons (Fsp3) is 0.375. The highest BCUT2D eigenvalue weighted by atomic mass is 35.5. The van der Waals surface area contributed by atoms with Gasteiger partial charge in [0.25, 0.3) is 0 Å². The number of H-pyrrole nitrogens is 1. The molecule has 180 valence electrons. The molecule has 3 aromatic rings. The molecule has 1 amide bonds. The van der Waals surface area contributed by atoms with Crippen LogP contribution in [0.2, 0.25) is 5.02 Å². The minimum absolute atomic E-state index is 0.222. The summed E-state index contributed by atoms with van der Waals surface area (Å²) >= 11 is 6.25. The van der Waals surface area contributed by atoms with Gasteiger partial charge < -0.3 is 14.5 Å². The molecule has 1 saturated heterocycles. The number of sulfonamides is 1. The molecule has 2 aromatic carbocycles. The maximum atomic E-state index is 13.0. The summed E-state index contributed by atoms with van der Waals surface area (Å²) < 4.78 is 38.2. The first-order valence-electron chi connectivity index (χ1n) is 11.3. The van der Waals surface area contributed by atoms with Crippen molar-refractivity contribution in [2.45, 2.75) is 24.3 Å². The van der Waals surface area contributed by atoms with Gasteiger partial charge in [-0.25, -0.2) is 13.2 Å². The third-order valence-electron chi connectivity index (χ3n) is 6.39. The molecule has 0 spiro atoms. The molecule has 0 saturated carbocycles. The lowest BCUT2D eigenvalue weighted by Gasteiger charge is -2.35. The van der Waals surface area contributed by atoms with Gasteiger partial charge in [-0.05, 0) is 54.8 Å². The van der Waals surface area contributed by atoms with Gasteiger partial charge in [-0.15, -0.1) is 0 Å². The number of morpholine rings is 1. The Morgan fingerprint density at radius 3 is 2.59 bits per heavy atom.